The first-order valence-corrected chi connectivity index (χ1v) is 8.05. The maximum Gasteiger partial charge on any atom is 0.0784 e. The molecule has 2 rings (SSSR count). The van der Waals surface area contributed by atoms with Gasteiger partial charge in [-0.15, -0.1) is 11.8 Å². The lowest BCUT2D eigenvalue weighted by atomic mass is 10.2. The normalized spacial score (nSPS) is 12.1. The number of hydrogen-bond donors (Lipinski definition) is 0. The van der Waals surface area contributed by atoms with E-state index in [-0.39, 0.29) is 0 Å². The van der Waals surface area contributed by atoms with Crippen molar-refractivity contribution in [3.05, 3.63) is 69.3 Å². The molecule has 0 aliphatic carbocycles. The van der Waals surface area contributed by atoms with Crippen molar-refractivity contribution in [2.24, 2.45) is 0 Å². The molecule has 0 aliphatic rings. The SMILES string of the molecule is CC(SC(=S)c1ccccc1)c1ccccc1I. The van der Waals surface area contributed by atoms with Gasteiger partial charge in [0.05, 0.1) is 4.20 Å². The molecular formula is C15H13IS2. The second-order valence-corrected chi connectivity index (χ2v) is 7.11. The van der Waals surface area contributed by atoms with Crippen molar-refractivity contribution in [2.45, 2.75) is 12.2 Å². The van der Waals surface area contributed by atoms with Crippen LogP contribution in [0.2, 0.25) is 0 Å². The van der Waals surface area contributed by atoms with Crippen molar-refractivity contribution in [1.82, 2.24) is 0 Å². The summed E-state index contributed by atoms with van der Waals surface area (Å²) in [4.78, 5) is 0. The topological polar surface area (TPSA) is 0 Å². The Labute approximate surface area is 131 Å². The van der Waals surface area contributed by atoms with Gasteiger partial charge in [0.25, 0.3) is 0 Å². The third kappa shape index (κ3) is 3.56. The largest absolute Gasteiger partial charge is 0.106 e. The summed E-state index contributed by atoms with van der Waals surface area (Å²) in [6, 6.07) is 18.7. The highest BCUT2D eigenvalue weighted by atomic mass is 127. The van der Waals surface area contributed by atoms with E-state index in [2.05, 4.69) is 65.9 Å². The van der Waals surface area contributed by atoms with E-state index in [1.54, 1.807) is 11.8 Å². The van der Waals surface area contributed by atoms with Crippen LogP contribution >= 0.6 is 46.6 Å². The first-order chi connectivity index (χ1) is 8.68. The van der Waals surface area contributed by atoms with Crippen LogP contribution in [-0.4, -0.2) is 4.20 Å². The molecule has 0 fully saturated rings. The summed E-state index contributed by atoms with van der Waals surface area (Å²) in [6.07, 6.45) is 0. The Morgan fingerprint density at radius 2 is 1.67 bits per heavy atom. The summed E-state index contributed by atoms with van der Waals surface area (Å²) in [5.41, 5.74) is 2.48. The molecule has 1 atom stereocenters. The van der Waals surface area contributed by atoms with Crippen LogP contribution in [0, 0.1) is 3.57 Å². The number of halogens is 1. The maximum atomic E-state index is 5.50. The van der Waals surface area contributed by atoms with E-state index in [1.807, 2.05) is 18.2 Å². The minimum Gasteiger partial charge on any atom is -0.106 e. The van der Waals surface area contributed by atoms with Crippen molar-refractivity contribution < 1.29 is 0 Å². The van der Waals surface area contributed by atoms with Crippen LogP contribution in [0.15, 0.2) is 54.6 Å². The average Bonchev–Trinajstić information content (AvgIpc) is 2.40. The average molecular weight is 384 g/mol. The Hall–Kier alpha value is -0.390. The molecule has 0 heterocycles. The van der Waals surface area contributed by atoms with Crippen LogP contribution in [0.4, 0.5) is 0 Å². The van der Waals surface area contributed by atoms with Gasteiger partial charge in [0, 0.05) is 8.82 Å². The third-order valence-corrected chi connectivity index (χ3v) is 5.20. The van der Waals surface area contributed by atoms with Crippen molar-refractivity contribution in [3.8, 4) is 0 Å². The van der Waals surface area contributed by atoms with Crippen molar-refractivity contribution in [2.75, 3.05) is 0 Å². The minimum atomic E-state index is 0.380. The second kappa shape index (κ2) is 6.68. The molecule has 1 unspecified atom stereocenters. The van der Waals surface area contributed by atoms with Crippen molar-refractivity contribution in [1.29, 1.82) is 0 Å². The van der Waals surface area contributed by atoms with E-state index in [9.17, 15) is 0 Å². The van der Waals surface area contributed by atoms with Gasteiger partial charge in [0.2, 0.25) is 0 Å². The number of hydrogen-bond acceptors (Lipinski definition) is 2. The van der Waals surface area contributed by atoms with E-state index in [0.29, 0.717) is 5.25 Å². The number of thiocarbonyl (C=S) groups is 1. The fraction of sp³-hybridized carbons (Fsp3) is 0.133. The Morgan fingerprint density at radius 1 is 1.06 bits per heavy atom. The summed E-state index contributed by atoms with van der Waals surface area (Å²) in [6.45, 7) is 2.21. The van der Waals surface area contributed by atoms with Crippen LogP contribution in [0.5, 0.6) is 0 Å². The lowest BCUT2D eigenvalue weighted by Crippen LogP contribution is -1.98. The second-order valence-electron chi connectivity index (χ2n) is 3.94. The quantitative estimate of drug-likeness (QED) is 0.509. The van der Waals surface area contributed by atoms with Gasteiger partial charge in [-0.3, -0.25) is 0 Å². The van der Waals surface area contributed by atoms with Crippen LogP contribution < -0.4 is 0 Å². The summed E-state index contributed by atoms with van der Waals surface area (Å²) in [7, 11) is 0. The van der Waals surface area contributed by atoms with E-state index in [0.717, 1.165) is 9.76 Å². The molecule has 0 radical (unpaired) electrons. The number of thioether (sulfide) groups is 1. The van der Waals surface area contributed by atoms with Gasteiger partial charge >= 0.3 is 0 Å². The van der Waals surface area contributed by atoms with Gasteiger partial charge in [-0.1, -0.05) is 60.7 Å². The van der Waals surface area contributed by atoms with E-state index >= 15 is 0 Å². The van der Waals surface area contributed by atoms with E-state index in [4.69, 9.17) is 12.2 Å². The molecule has 0 amide bonds. The Balaban J connectivity index is 2.11. The molecule has 2 aromatic carbocycles. The van der Waals surface area contributed by atoms with Gasteiger partial charge in [-0.25, -0.2) is 0 Å². The van der Waals surface area contributed by atoms with Gasteiger partial charge < -0.3 is 0 Å². The smallest absolute Gasteiger partial charge is 0.0784 e. The Bertz CT molecular complexity index is 537. The molecule has 92 valence electrons. The zero-order chi connectivity index (χ0) is 13.0. The van der Waals surface area contributed by atoms with Crippen LogP contribution in [0.1, 0.15) is 23.3 Å². The van der Waals surface area contributed by atoms with Crippen LogP contribution in [0.3, 0.4) is 0 Å². The molecule has 18 heavy (non-hydrogen) atoms. The molecule has 0 saturated heterocycles. The van der Waals surface area contributed by atoms with Crippen molar-refractivity contribution >= 4 is 50.8 Å². The molecule has 0 aliphatic heterocycles. The molecule has 0 nitrogen and oxygen atoms in total. The monoisotopic (exact) mass is 384 g/mol. The molecule has 0 saturated carbocycles. The van der Waals surface area contributed by atoms with Gasteiger partial charge in [-0.2, -0.15) is 0 Å². The highest BCUT2D eigenvalue weighted by Gasteiger charge is 2.12. The first-order valence-electron chi connectivity index (χ1n) is 5.69. The first kappa shape index (κ1) is 14.0. The maximum absolute atomic E-state index is 5.50. The van der Waals surface area contributed by atoms with Crippen molar-refractivity contribution in [3.63, 3.8) is 0 Å². The standard InChI is InChI=1S/C15H13IS2/c1-11(13-9-5-6-10-14(13)16)18-15(17)12-7-3-2-4-8-12/h2-11H,1H3. The van der Waals surface area contributed by atoms with Crippen LogP contribution in [-0.2, 0) is 0 Å². The highest BCUT2D eigenvalue weighted by molar-refractivity contribution is 14.1. The molecule has 0 bridgehead atoms. The fourth-order valence-corrected chi connectivity index (χ4v) is 4.23. The molecule has 0 aromatic heterocycles. The predicted molar refractivity (Wildman–Crippen MR) is 93.3 cm³/mol. The zero-order valence-corrected chi connectivity index (χ0v) is 13.8. The highest BCUT2D eigenvalue weighted by Crippen LogP contribution is 2.33. The predicted octanol–water partition coefficient (Wildman–Crippen LogP) is 5.46. The number of rotatable bonds is 3. The summed E-state index contributed by atoms with van der Waals surface area (Å²) >= 11 is 9.63. The molecule has 0 N–H and O–H groups in total. The molecular weight excluding hydrogens is 371 g/mol. The van der Waals surface area contributed by atoms with Crippen LogP contribution in [0.25, 0.3) is 0 Å². The Morgan fingerprint density at radius 3 is 2.33 bits per heavy atom. The lowest BCUT2D eigenvalue weighted by Gasteiger charge is -2.14. The van der Waals surface area contributed by atoms with Gasteiger partial charge in [0.1, 0.15) is 0 Å². The number of benzene rings is 2. The molecule has 2 aromatic rings. The minimum absolute atomic E-state index is 0.380. The third-order valence-electron chi connectivity index (χ3n) is 2.64. The summed E-state index contributed by atoms with van der Waals surface area (Å²) in [5, 5.41) is 0.380. The summed E-state index contributed by atoms with van der Waals surface area (Å²) in [5.74, 6) is 0. The Kier molecular flexibility index (Phi) is 5.21. The molecule has 3 heteroatoms. The van der Waals surface area contributed by atoms with E-state index in [1.165, 1.54) is 9.13 Å². The fourth-order valence-electron chi connectivity index (χ4n) is 1.67. The van der Waals surface area contributed by atoms with Gasteiger partial charge in [-0.05, 0) is 46.7 Å². The lowest BCUT2D eigenvalue weighted by molar-refractivity contribution is 1.09. The molecule has 0 spiro atoms. The zero-order valence-electron chi connectivity index (χ0n) is 9.97. The van der Waals surface area contributed by atoms with E-state index < -0.39 is 0 Å². The summed E-state index contributed by atoms with van der Waals surface area (Å²) < 4.78 is 2.26. The van der Waals surface area contributed by atoms with Gasteiger partial charge in [0.15, 0.2) is 0 Å².